The van der Waals surface area contributed by atoms with Crippen molar-refractivity contribution in [3.05, 3.63) is 41.2 Å². The van der Waals surface area contributed by atoms with Crippen molar-refractivity contribution < 1.29 is 36.2 Å². The molecule has 1 aliphatic rings. The molecule has 0 bridgehead atoms. The van der Waals surface area contributed by atoms with Gasteiger partial charge in [0.15, 0.2) is 11.4 Å². The number of anilines is 1. The highest BCUT2D eigenvalue weighted by atomic mass is 32.2. The fourth-order valence-electron chi connectivity index (χ4n) is 3.19. The third kappa shape index (κ3) is 4.32. The van der Waals surface area contributed by atoms with Gasteiger partial charge < -0.3 is 19.7 Å². The van der Waals surface area contributed by atoms with Crippen LogP contribution in [-0.2, 0) is 23.2 Å². The Kier molecular flexibility index (Phi) is 5.80. The highest BCUT2D eigenvalue weighted by molar-refractivity contribution is 7.89. The molecule has 2 heterocycles. The van der Waals surface area contributed by atoms with E-state index >= 15 is 0 Å². The first-order chi connectivity index (χ1) is 14.7. The van der Waals surface area contributed by atoms with E-state index in [0.29, 0.717) is 0 Å². The minimum atomic E-state index is -4.61. The number of carbonyl (C=O) groups is 1. The molecule has 1 aromatic carbocycles. The number of benzene rings is 1. The monoisotopic (exact) mass is 471 g/mol. The summed E-state index contributed by atoms with van der Waals surface area (Å²) in [6.07, 6.45) is 1.77. The van der Waals surface area contributed by atoms with Crippen molar-refractivity contribution >= 4 is 21.6 Å². The van der Waals surface area contributed by atoms with Crippen molar-refractivity contribution in [2.45, 2.75) is 36.6 Å². The Morgan fingerprint density at radius 2 is 2.06 bits per heavy atom. The summed E-state index contributed by atoms with van der Waals surface area (Å²) in [5.41, 5.74) is -3.18. The van der Waals surface area contributed by atoms with E-state index in [1.807, 2.05) is 0 Å². The van der Waals surface area contributed by atoms with Gasteiger partial charge in [0, 0.05) is 18.9 Å². The van der Waals surface area contributed by atoms with E-state index in [2.05, 4.69) is 16.0 Å². The number of hydrogen-bond acceptors (Lipinski definition) is 5. The number of rotatable bonds is 3. The average Bonchev–Trinajstić information content (AvgIpc) is 2.96. The van der Waals surface area contributed by atoms with E-state index in [-0.39, 0.29) is 27.6 Å². The van der Waals surface area contributed by atoms with E-state index < -0.39 is 45.9 Å². The maximum absolute atomic E-state index is 13.2. The molecule has 32 heavy (non-hydrogen) atoms. The molecule has 1 amide bonds. The molecule has 12 heteroatoms. The van der Waals surface area contributed by atoms with E-state index in [0.717, 1.165) is 12.3 Å². The molecule has 1 aliphatic heterocycles. The fraction of sp³-hybridized carbons (Fsp3) is 0.350. The van der Waals surface area contributed by atoms with Gasteiger partial charge in [0.2, 0.25) is 10.0 Å². The molecule has 0 spiro atoms. The van der Waals surface area contributed by atoms with Gasteiger partial charge in [0.05, 0.1) is 11.6 Å². The first-order valence-corrected chi connectivity index (χ1v) is 10.7. The number of nitrogens with one attached hydrogen (secondary N) is 2. The third-order valence-electron chi connectivity index (χ3n) is 5.07. The van der Waals surface area contributed by atoms with Crippen LogP contribution in [0.3, 0.4) is 0 Å². The van der Waals surface area contributed by atoms with Gasteiger partial charge >= 0.3 is 6.18 Å². The van der Waals surface area contributed by atoms with Crippen molar-refractivity contribution in [1.29, 1.82) is 0 Å². The number of carbonyl (C=O) groups excluding carboxylic acids is 1. The Morgan fingerprint density at radius 1 is 1.41 bits per heavy atom. The standard InChI is InChI=1S/C20H20F3N3O5S/c1-5-19(3,28)15-10-31-17-14(32(29,30)25-15)9-26(4)16(17)18(27)24-12-7-6-11(2)13(8-12)20(21,22)23/h1,6-9,15,25,28H,10H2,2-4H3,(H,24,27). The number of aryl methyl sites for hydroxylation is 2. The van der Waals surface area contributed by atoms with E-state index in [1.165, 1.54) is 37.6 Å². The Bertz CT molecular complexity index is 1230. The second kappa shape index (κ2) is 7.84. The zero-order valence-corrected chi connectivity index (χ0v) is 18.1. The number of fused-ring (bicyclic) bond motifs is 1. The Labute approximate surface area is 182 Å². The Morgan fingerprint density at radius 3 is 2.66 bits per heavy atom. The molecule has 0 aliphatic carbocycles. The van der Waals surface area contributed by atoms with Crippen LogP contribution < -0.4 is 14.8 Å². The lowest BCUT2D eigenvalue weighted by atomic mass is 9.99. The lowest BCUT2D eigenvalue weighted by Gasteiger charge is -2.26. The second-order valence-corrected chi connectivity index (χ2v) is 9.22. The van der Waals surface area contributed by atoms with Gasteiger partial charge in [-0.3, -0.25) is 4.79 Å². The topological polar surface area (TPSA) is 110 Å². The summed E-state index contributed by atoms with van der Waals surface area (Å²) < 4.78 is 74.0. The summed E-state index contributed by atoms with van der Waals surface area (Å²) in [5, 5.41) is 12.6. The number of aromatic nitrogens is 1. The van der Waals surface area contributed by atoms with Crippen molar-refractivity contribution in [2.75, 3.05) is 11.9 Å². The summed E-state index contributed by atoms with van der Waals surface area (Å²) in [4.78, 5) is 12.5. The SMILES string of the molecule is C#CC(C)(O)C1COc2c(cn(C)c2C(=O)Nc2ccc(C)c(C(F)(F)F)c2)S(=O)(=O)N1. The summed E-state index contributed by atoms with van der Waals surface area (Å²) in [6.45, 7) is 2.12. The molecule has 1 aromatic heterocycles. The zero-order valence-electron chi connectivity index (χ0n) is 17.2. The van der Waals surface area contributed by atoms with E-state index in [4.69, 9.17) is 11.2 Å². The zero-order chi connectivity index (χ0) is 24.1. The molecule has 2 aromatic rings. The van der Waals surface area contributed by atoms with Gasteiger partial charge in [0.1, 0.15) is 17.1 Å². The predicted molar refractivity (Wildman–Crippen MR) is 109 cm³/mol. The third-order valence-corrected chi connectivity index (χ3v) is 6.54. The molecule has 3 rings (SSSR count). The number of hydrogen-bond donors (Lipinski definition) is 3. The largest absolute Gasteiger partial charge is 0.488 e. The van der Waals surface area contributed by atoms with Crippen LogP contribution in [0.5, 0.6) is 5.75 Å². The van der Waals surface area contributed by atoms with Crippen molar-refractivity contribution in [2.24, 2.45) is 7.05 Å². The van der Waals surface area contributed by atoms with Crippen LogP contribution in [0.2, 0.25) is 0 Å². The van der Waals surface area contributed by atoms with Crippen LogP contribution in [-0.4, -0.2) is 42.2 Å². The van der Waals surface area contributed by atoms with E-state index in [9.17, 15) is 31.5 Å². The highest BCUT2D eigenvalue weighted by Crippen LogP contribution is 2.35. The van der Waals surface area contributed by atoms with Gasteiger partial charge in [-0.2, -0.15) is 13.2 Å². The van der Waals surface area contributed by atoms with Crippen LogP contribution in [0.25, 0.3) is 0 Å². The van der Waals surface area contributed by atoms with Crippen molar-refractivity contribution in [1.82, 2.24) is 9.29 Å². The minimum absolute atomic E-state index is 0.0182. The molecule has 8 nitrogen and oxygen atoms in total. The van der Waals surface area contributed by atoms with Gasteiger partial charge in [-0.05, 0) is 31.5 Å². The molecule has 0 fully saturated rings. The highest BCUT2D eigenvalue weighted by Gasteiger charge is 2.41. The molecular formula is C20H20F3N3O5S. The first-order valence-electron chi connectivity index (χ1n) is 9.21. The van der Waals surface area contributed by atoms with Gasteiger partial charge in [0.25, 0.3) is 5.91 Å². The number of terminal acetylenes is 1. The Balaban J connectivity index is 1.99. The van der Waals surface area contributed by atoms with Crippen LogP contribution in [0.15, 0.2) is 29.3 Å². The maximum Gasteiger partial charge on any atom is 0.416 e. The molecule has 0 radical (unpaired) electrons. The second-order valence-electron chi connectivity index (χ2n) is 7.54. The predicted octanol–water partition coefficient (Wildman–Crippen LogP) is 2.03. The molecule has 2 atom stereocenters. The van der Waals surface area contributed by atoms with Crippen molar-refractivity contribution in [3.8, 4) is 18.1 Å². The van der Waals surface area contributed by atoms with E-state index in [1.54, 1.807) is 0 Å². The number of halogens is 3. The molecular weight excluding hydrogens is 451 g/mol. The fourth-order valence-corrected chi connectivity index (χ4v) is 4.69. The van der Waals surface area contributed by atoms with Gasteiger partial charge in [-0.15, -0.1) is 6.42 Å². The van der Waals surface area contributed by atoms with Crippen LogP contribution in [0.1, 0.15) is 28.5 Å². The lowest BCUT2D eigenvalue weighted by Crippen LogP contribution is -2.52. The summed E-state index contributed by atoms with van der Waals surface area (Å²) in [5.74, 6) is 0.876. The molecule has 3 N–H and O–H groups in total. The molecule has 0 saturated carbocycles. The average molecular weight is 471 g/mol. The number of nitrogens with zero attached hydrogens (tertiary/aromatic N) is 1. The molecule has 2 unspecified atom stereocenters. The number of sulfonamides is 1. The number of ether oxygens (including phenoxy) is 1. The maximum atomic E-state index is 13.2. The summed E-state index contributed by atoms with van der Waals surface area (Å²) >= 11 is 0. The number of aliphatic hydroxyl groups is 1. The summed E-state index contributed by atoms with van der Waals surface area (Å²) in [7, 11) is -2.86. The van der Waals surface area contributed by atoms with Crippen LogP contribution >= 0.6 is 0 Å². The smallest absolute Gasteiger partial charge is 0.416 e. The minimum Gasteiger partial charge on any atom is -0.488 e. The quantitative estimate of drug-likeness (QED) is 0.594. The summed E-state index contributed by atoms with van der Waals surface area (Å²) in [6, 6.07) is 2.08. The van der Waals surface area contributed by atoms with Crippen LogP contribution in [0.4, 0.5) is 18.9 Å². The first kappa shape index (κ1) is 23.6. The number of alkyl halides is 3. The Hall–Kier alpha value is -3.01. The molecule has 172 valence electrons. The van der Waals surface area contributed by atoms with Crippen molar-refractivity contribution in [3.63, 3.8) is 0 Å². The van der Waals surface area contributed by atoms with Crippen LogP contribution in [0, 0.1) is 19.3 Å². The number of amides is 1. The van der Waals surface area contributed by atoms with Gasteiger partial charge in [-0.25, -0.2) is 13.1 Å². The molecule has 0 saturated heterocycles. The normalized spacial score (nSPS) is 19.6. The van der Waals surface area contributed by atoms with Gasteiger partial charge in [-0.1, -0.05) is 12.0 Å². The lowest BCUT2D eigenvalue weighted by molar-refractivity contribution is -0.138.